The predicted octanol–water partition coefficient (Wildman–Crippen LogP) is 5.07. The number of anilines is 3. The summed E-state index contributed by atoms with van der Waals surface area (Å²) < 4.78 is 12.8. The van der Waals surface area contributed by atoms with Crippen molar-refractivity contribution in [2.75, 3.05) is 43.5 Å². The Labute approximate surface area is 820 Å². The lowest BCUT2D eigenvalue weighted by Gasteiger charge is -2.29. The molecule has 0 aliphatic carbocycles. The number of rotatable bonds is 16. The first-order valence-corrected chi connectivity index (χ1v) is 46.8. The number of fused-ring (bicyclic) bond motifs is 6. The first kappa shape index (κ1) is 99.5. The summed E-state index contributed by atoms with van der Waals surface area (Å²) in [5.74, 6) is -6.39. The highest BCUT2D eigenvalue weighted by molar-refractivity contribution is 6.31. The Hall–Kier alpha value is -16.5. The Bertz CT molecular complexity index is 6920. The van der Waals surface area contributed by atoms with Crippen molar-refractivity contribution in [1.29, 1.82) is 0 Å². The van der Waals surface area contributed by atoms with E-state index in [0.29, 0.717) is 131 Å². The average molecular weight is 1970 g/mol. The molecule has 0 radical (unpaired) electrons. The molecule has 1 aromatic heterocycles. The van der Waals surface area contributed by atoms with Crippen molar-refractivity contribution < 1.29 is 105 Å². The Kier molecular flexibility index (Phi) is 29.7. The van der Waals surface area contributed by atoms with E-state index in [4.69, 9.17) is 38.3 Å². The molecule has 21 rings (SSSR count). The first-order valence-electron chi connectivity index (χ1n) is 46.4. The first-order chi connectivity index (χ1) is 68.5. The molecule has 12 aliphatic rings. The molecule has 7 saturated heterocycles. The lowest BCUT2D eigenvalue weighted by atomic mass is 9.99. The number of halogens is 1. The fourth-order valence-corrected chi connectivity index (χ4v) is 19.2. The van der Waals surface area contributed by atoms with Gasteiger partial charge in [0, 0.05) is 134 Å². The summed E-state index contributed by atoms with van der Waals surface area (Å²) in [5, 5.41) is 14.4. The number of carbonyl (C=O) groups excluding carboxylic acids is 20. The topological polar surface area (TPSA) is 564 Å². The van der Waals surface area contributed by atoms with Gasteiger partial charge >= 0.3 is 0 Å². The number of Topliss-reactive ketones (excluding diaryl/α,β-unsaturated/α-hetero) is 1. The SMILES string of the molecule is Cc1ccc(CC(=O)CCc2ccc3c(c2)CN(C2CCC(=O)NC2=O)C3=O)cc1Cl.Cc1nc2cccc(N)c2c(=O)n1C1CCC(=O)NC1=O.Nc1cccc2c1C(=O)N(C1CCC(=O)NC1=O)C2=O.Nc1cccc2c1CN(C1CCC(=O)NC1=O)C2=O.O=C1CCC(N2C(=O)c3ccccc3C2=O)C(=O)N1.O=C1CCC(N2Cc3c(OCc4ccc(CN5CCOCC5)cc4)cccc3C2=O)C(=O)N1. The minimum atomic E-state index is -0.959. The zero-order valence-electron chi connectivity index (χ0n) is 77.5. The van der Waals surface area contributed by atoms with Crippen LogP contribution in [0.1, 0.15) is 212 Å². The molecule has 8 aromatic carbocycles. The number of imide groups is 8. The van der Waals surface area contributed by atoms with Crippen LogP contribution in [0.5, 0.6) is 5.75 Å². The molecule has 6 atom stereocenters. The third-order valence-corrected chi connectivity index (χ3v) is 26.9. The standard InChI is InChI=1S/C25H27N3O5.C24H23ClN2O4.C14H14N4O3.C13H11N3O4.C13H13N3O3.C13H10N2O4/c29-23-9-8-21(24(30)26-23)28-15-20-19(25(28)31)2-1-3-22(20)33-16-18-6-4-17(5-7-18)14-27-10-12-32-13-11-27;1-14-2-3-16(12-20(14)25)11-18(28)6-4-15-5-7-19-17(10-15)13-27(24(19)31)21-8-9-22(29)26-23(21)30;1-7-16-9-4-2-3-8(15)12(9)14(21)18(7)10-5-6-11(19)17-13(10)20;14-7-3-1-2-6-10(7)13(20)16(12(6)19)8-4-5-9(17)15-11(8)18;14-9-3-1-2-7-8(9)6-16(13(7)19)10-4-5-11(17)15-12(10)18;16-10-6-5-9(11(17)14-10)15-12(18)7-3-1-2-4-8(7)13(15)19/h1-7,21H,8-16H2,(H,26,29,30);2-3,5,7,10,12,21H,4,6,8-9,11,13H2,1H3,(H,26,29,30);2-4,10H,5-6,15H2,1H3,(H,17,19,20);1-3,8H,4-5,14H2,(H,15,17,18);1-3,10H,4-6,14H2,(H,15,17,18);1-4,9H,5-6H2,(H,14,16,17). The van der Waals surface area contributed by atoms with Crippen LogP contribution in [-0.2, 0) is 113 Å². The van der Waals surface area contributed by atoms with Crippen LogP contribution in [0.25, 0.3) is 10.9 Å². The zero-order chi connectivity index (χ0) is 102. The number of nitrogens with zero attached hydrogens (tertiary/aromatic N) is 8. The van der Waals surface area contributed by atoms with E-state index in [1.807, 2.05) is 43.3 Å². The summed E-state index contributed by atoms with van der Waals surface area (Å²) in [6, 6.07) is 41.9. The van der Waals surface area contributed by atoms with E-state index in [0.717, 1.165) is 81.6 Å². The maximum atomic E-state index is 12.9. The average Bonchev–Trinajstić information content (AvgIpc) is 1.45. The van der Waals surface area contributed by atoms with E-state index in [-0.39, 0.29) is 133 Å². The van der Waals surface area contributed by atoms with Crippen LogP contribution in [0.3, 0.4) is 0 Å². The van der Waals surface area contributed by atoms with E-state index >= 15 is 0 Å². The smallest absolute Gasteiger partial charge is 0.264 e. The number of hydrogen-bond acceptors (Lipinski definition) is 28. The quantitative estimate of drug-likeness (QED) is 0.0450. The molecule has 12 N–H and O–H groups in total. The fourth-order valence-electron chi connectivity index (χ4n) is 19.0. The summed E-state index contributed by atoms with van der Waals surface area (Å²) in [6.07, 6.45) is 4.12. The van der Waals surface area contributed by atoms with E-state index in [1.54, 1.807) is 96.8 Å². The Balaban J connectivity index is 0.000000125. The normalized spacial score (nSPS) is 20.6. The van der Waals surface area contributed by atoms with Gasteiger partial charge in [0.2, 0.25) is 70.9 Å². The number of nitrogen functional groups attached to an aromatic ring is 3. The molecular weight excluding hydrogens is 1870 g/mol. The second-order valence-electron chi connectivity index (χ2n) is 35.9. The van der Waals surface area contributed by atoms with Crippen molar-refractivity contribution in [3.63, 3.8) is 0 Å². The van der Waals surface area contributed by atoms with Crippen LogP contribution in [0.4, 0.5) is 17.1 Å². The second-order valence-corrected chi connectivity index (χ2v) is 36.3. The molecule has 6 unspecified atom stereocenters. The number of ketones is 1. The van der Waals surface area contributed by atoms with E-state index in [1.165, 1.54) is 32.1 Å². The van der Waals surface area contributed by atoms with Crippen molar-refractivity contribution in [1.82, 2.24) is 70.9 Å². The van der Waals surface area contributed by atoms with Gasteiger partial charge in [0.1, 0.15) is 60.2 Å². The molecule has 40 nitrogen and oxygen atoms in total. The highest BCUT2D eigenvalue weighted by atomic mass is 35.5. The molecule has 7 fully saturated rings. The van der Waals surface area contributed by atoms with Crippen LogP contribution < -0.4 is 59.4 Å². The van der Waals surface area contributed by atoms with Crippen molar-refractivity contribution in [2.24, 2.45) is 0 Å². The van der Waals surface area contributed by atoms with Crippen molar-refractivity contribution in [2.45, 2.75) is 179 Å². The summed E-state index contributed by atoms with van der Waals surface area (Å²) >= 11 is 6.14. The maximum Gasteiger partial charge on any atom is 0.264 e. The third-order valence-electron chi connectivity index (χ3n) is 26.5. The summed E-state index contributed by atoms with van der Waals surface area (Å²) in [5.41, 5.74) is 28.8. The highest BCUT2D eigenvalue weighted by Gasteiger charge is 2.49. The van der Waals surface area contributed by atoms with Gasteiger partial charge in [-0.05, 0) is 165 Å². The van der Waals surface area contributed by atoms with E-state index in [9.17, 15) is 101 Å². The molecule has 9 aromatic rings. The molecule has 0 bridgehead atoms. The molecule has 143 heavy (non-hydrogen) atoms. The maximum absolute atomic E-state index is 12.9. The van der Waals surface area contributed by atoms with Crippen LogP contribution in [-0.4, -0.2) is 213 Å². The van der Waals surface area contributed by atoms with Gasteiger partial charge in [0.25, 0.3) is 46.9 Å². The molecule has 13 heterocycles. The lowest BCUT2D eigenvalue weighted by Crippen LogP contribution is -2.54. The van der Waals surface area contributed by atoms with Crippen LogP contribution in [0, 0.1) is 13.8 Å². The van der Waals surface area contributed by atoms with Crippen LogP contribution in [0.15, 0.2) is 163 Å². The zero-order valence-corrected chi connectivity index (χ0v) is 78.3. The molecule has 736 valence electrons. The van der Waals surface area contributed by atoms with Gasteiger partial charge in [-0.3, -0.25) is 152 Å². The molecule has 12 aliphatic heterocycles. The molecule has 0 saturated carbocycles. The molecule has 0 spiro atoms. The molecule has 19 amide bonds. The highest BCUT2D eigenvalue weighted by Crippen LogP contribution is 2.38. The number of amides is 19. The number of ether oxygens (including phenoxy) is 2. The number of morpholine rings is 1. The minimum Gasteiger partial charge on any atom is -0.489 e. The van der Waals surface area contributed by atoms with Gasteiger partial charge in [-0.1, -0.05) is 96.5 Å². The van der Waals surface area contributed by atoms with Crippen molar-refractivity contribution >= 4 is 158 Å². The Morgan fingerprint density at radius 3 is 1.36 bits per heavy atom. The van der Waals surface area contributed by atoms with Gasteiger partial charge in [-0.2, -0.15) is 0 Å². The molecule has 41 heteroatoms. The predicted molar refractivity (Wildman–Crippen MR) is 509 cm³/mol. The van der Waals surface area contributed by atoms with Crippen molar-refractivity contribution in [3.05, 3.63) is 262 Å². The van der Waals surface area contributed by atoms with Crippen LogP contribution in [0.2, 0.25) is 5.02 Å². The number of piperidine rings is 6. The Morgan fingerprint density at radius 1 is 0.413 bits per heavy atom. The Morgan fingerprint density at radius 2 is 0.839 bits per heavy atom. The number of nitrogens with two attached hydrogens (primary N) is 3. The number of aryl methyl sites for hydroxylation is 3. The number of benzene rings is 8. The van der Waals surface area contributed by atoms with Gasteiger partial charge in [-0.15, -0.1) is 0 Å². The fraction of sp³-hybridized carbons (Fsp3) is 0.314. The summed E-state index contributed by atoms with van der Waals surface area (Å²) in [7, 11) is 0. The van der Waals surface area contributed by atoms with E-state index < -0.39 is 101 Å². The van der Waals surface area contributed by atoms with Gasteiger partial charge in [0.05, 0.1) is 52.9 Å². The number of aromatic nitrogens is 2. The monoisotopic (exact) mass is 1960 g/mol. The largest absolute Gasteiger partial charge is 0.489 e. The molecular formula is C102H98ClN17O23. The minimum absolute atomic E-state index is 0.0965. The summed E-state index contributed by atoms with van der Waals surface area (Å²) in [4.78, 5) is 264. The summed E-state index contributed by atoms with van der Waals surface area (Å²) in [6.45, 7) is 9.34. The van der Waals surface area contributed by atoms with E-state index in [2.05, 4.69) is 66.1 Å². The number of carbonyl (C=O) groups is 20. The van der Waals surface area contributed by atoms with Gasteiger partial charge < -0.3 is 41.4 Å². The van der Waals surface area contributed by atoms with Gasteiger partial charge in [-0.25, -0.2) is 4.98 Å². The third kappa shape index (κ3) is 21.5. The van der Waals surface area contributed by atoms with Crippen LogP contribution >= 0.6 is 11.6 Å². The van der Waals surface area contributed by atoms with Crippen molar-refractivity contribution in [3.8, 4) is 5.75 Å². The van der Waals surface area contributed by atoms with Gasteiger partial charge in [0.15, 0.2) is 0 Å². The number of nitrogens with one attached hydrogen (secondary N) is 6. The number of hydrogen-bond donors (Lipinski definition) is 9. The second kappa shape index (κ2) is 42.7. The lowest BCUT2D eigenvalue weighted by molar-refractivity contribution is -0.138.